The summed E-state index contributed by atoms with van der Waals surface area (Å²) in [7, 11) is 0. The smallest absolute Gasteiger partial charge is 0.394 e. The molecule has 182 valence electrons. The molecule has 0 unspecified atom stereocenters. The quantitative estimate of drug-likeness (QED) is 0.408. The first-order chi connectivity index (χ1) is 16.3. The van der Waals surface area contributed by atoms with Crippen LogP contribution in [0.3, 0.4) is 0 Å². The van der Waals surface area contributed by atoms with E-state index in [9.17, 15) is 28.5 Å². The zero-order chi connectivity index (χ0) is 24.0. The van der Waals surface area contributed by atoms with Crippen LogP contribution in [-0.2, 0) is 10.9 Å². The standard InChI is InChI=1S/C20H22F3N7O4/c21-20(22,23)10-1-2-13(24-5-10)29-4-3-11(6-29)28-17-14-18(26-8-25-17)30(9-27-14)19-16(33)15(32)12(7-31)34-19/h1-2,5,8-9,11-12,15-16,19,31-33H,3-4,6-7H2,(H,25,26,28)/t11-,12+,15+,16+,19+/m0/s1. The van der Waals surface area contributed by atoms with Crippen LogP contribution >= 0.6 is 0 Å². The van der Waals surface area contributed by atoms with Crippen LogP contribution in [0.25, 0.3) is 11.2 Å². The van der Waals surface area contributed by atoms with E-state index in [-0.39, 0.29) is 6.04 Å². The Kier molecular flexibility index (Phi) is 5.75. The van der Waals surface area contributed by atoms with Gasteiger partial charge in [-0.15, -0.1) is 0 Å². The molecule has 0 aromatic carbocycles. The Balaban J connectivity index is 1.31. The van der Waals surface area contributed by atoms with Gasteiger partial charge in [-0.05, 0) is 18.6 Å². The molecule has 0 saturated carbocycles. The van der Waals surface area contributed by atoms with Crippen molar-refractivity contribution in [3.05, 3.63) is 36.5 Å². The maximum atomic E-state index is 12.8. The first-order valence-electron chi connectivity index (χ1n) is 10.6. The lowest BCUT2D eigenvalue weighted by Gasteiger charge is -2.19. The number of hydrogen-bond acceptors (Lipinski definition) is 10. The van der Waals surface area contributed by atoms with E-state index in [0.717, 1.165) is 12.3 Å². The van der Waals surface area contributed by atoms with E-state index in [1.807, 2.05) is 4.90 Å². The fourth-order valence-corrected chi connectivity index (χ4v) is 4.27. The third-order valence-electron chi connectivity index (χ3n) is 6.08. The Morgan fingerprint density at radius 1 is 1.12 bits per heavy atom. The van der Waals surface area contributed by atoms with Crippen molar-refractivity contribution in [3.63, 3.8) is 0 Å². The molecular weight excluding hydrogens is 459 g/mol. The van der Waals surface area contributed by atoms with Crippen molar-refractivity contribution in [2.24, 2.45) is 0 Å². The number of rotatable bonds is 5. The van der Waals surface area contributed by atoms with Crippen LogP contribution in [0.5, 0.6) is 0 Å². The summed E-state index contributed by atoms with van der Waals surface area (Å²) in [5.74, 6) is 0.904. The number of aliphatic hydroxyl groups excluding tert-OH is 3. The summed E-state index contributed by atoms with van der Waals surface area (Å²) in [6.45, 7) is 0.649. The highest BCUT2D eigenvalue weighted by atomic mass is 19.4. The Labute approximate surface area is 190 Å². The lowest BCUT2D eigenvalue weighted by molar-refractivity contribution is -0.137. The highest BCUT2D eigenvalue weighted by molar-refractivity contribution is 5.83. The molecule has 0 aliphatic carbocycles. The van der Waals surface area contributed by atoms with Crippen molar-refractivity contribution in [1.29, 1.82) is 0 Å². The van der Waals surface area contributed by atoms with Crippen LogP contribution in [0.4, 0.5) is 24.8 Å². The molecule has 11 nitrogen and oxygen atoms in total. The average molecular weight is 481 g/mol. The molecule has 0 radical (unpaired) electrons. The predicted octanol–water partition coefficient (Wildman–Crippen LogP) is 0.542. The van der Waals surface area contributed by atoms with Crippen LogP contribution in [0.2, 0.25) is 0 Å². The number of aromatic nitrogens is 5. The summed E-state index contributed by atoms with van der Waals surface area (Å²) in [6.07, 6.45) is -4.60. The molecule has 14 heteroatoms. The second-order valence-corrected chi connectivity index (χ2v) is 8.25. The number of hydrogen-bond donors (Lipinski definition) is 4. The minimum absolute atomic E-state index is 0.0683. The average Bonchev–Trinajstić information content (AvgIpc) is 3.52. The van der Waals surface area contributed by atoms with Gasteiger partial charge < -0.3 is 30.3 Å². The Bertz CT molecular complexity index is 1160. The monoisotopic (exact) mass is 481 g/mol. The topological polar surface area (TPSA) is 142 Å². The summed E-state index contributed by atoms with van der Waals surface area (Å²) < 4.78 is 45.4. The van der Waals surface area contributed by atoms with E-state index < -0.39 is 42.9 Å². The maximum absolute atomic E-state index is 12.8. The van der Waals surface area contributed by atoms with Gasteiger partial charge in [-0.3, -0.25) is 4.57 Å². The fourth-order valence-electron chi connectivity index (χ4n) is 4.27. The zero-order valence-corrected chi connectivity index (χ0v) is 17.7. The minimum Gasteiger partial charge on any atom is -0.394 e. The van der Waals surface area contributed by atoms with Crippen molar-refractivity contribution in [3.8, 4) is 0 Å². The fraction of sp³-hybridized carbons (Fsp3) is 0.500. The summed E-state index contributed by atoms with van der Waals surface area (Å²) >= 11 is 0. The normalized spacial score (nSPS) is 27.6. The molecule has 34 heavy (non-hydrogen) atoms. The first-order valence-corrected chi connectivity index (χ1v) is 10.6. The molecule has 0 spiro atoms. The third-order valence-corrected chi connectivity index (χ3v) is 6.08. The summed E-state index contributed by atoms with van der Waals surface area (Å²) in [5.41, 5.74) is -0.00350. The second-order valence-electron chi connectivity index (χ2n) is 8.25. The number of halogens is 3. The summed E-state index contributed by atoms with van der Waals surface area (Å²) in [6, 6.07) is 2.30. The minimum atomic E-state index is -4.43. The van der Waals surface area contributed by atoms with E-state index in [2.05, 4.69) is 25.3 Å². The van der Waals surface area contributed by atoms with Gasteiger partial charge in [0.1, 0.15) is 30.5 Å². The van der Waals surface area contributed by atoms with Crippen LogP contribution in [-0.4, -0.2) is 83.9 Å². The highest BCUT2D eigenvalue weighted by Gasteiger charge is 2.44. The highest BCUT2D eigenvalue weighted by Crippen LogP contribution is 2.33. The number of nitrogens with zero attached hydrogens (tertiary/aromatic N) is 6. The Morgan fingerprint density at radius 3 is 2.62 bits per heavy atom. The van der Waals surface area contributed by atoms with Crippen molar-refractivity contribution in [1.82, 2.24) is 24.5 Å². The number of aliphatic hydroxyl groups is 3. The summed E-state index contributed by atoms with van der Waals surface area (Å²) in [4.78, 5) is 18.7. The molecule has 2 saturated heterocycles. The van der Waals surface area contributed by atoms with Crippen molar-refractivity contribution < 1.29 is 33.2 Å². The van der Waals surface area contributed by atoms with E-state index in [4.69, 9.17) is 4.74 Å². The largest absolute Gasteiger partial charge is 0.417 e. The van der Waals surface area contributed by atoms with E-state index in [1.165, 1.54) is 23.3 Å². The number of fused-ring (bicyclic) bond motifs is 1. The van der Waals surface area contributed by atoms with Gasteiger partial charge in [-0.25, -0.2) is 19.9 Å². The molecule has 3 aromatic rings. The third kappa shape index (κ3) is 4.02. The second kappa shape index (κ2) is 8.61. The molecule has 0 bridgehead atoms. The van der Waals surface area contributed by atoms with Gasteiger partial charge in [-0.2, -0.15) is 13.2 Å². The maximum Gasteiger partial charge on any atom is 0.417 e. The number of pyridine rings is 1. The zero-order valence-electron chi connectivity index (χ0n) is 17.7. The summed E-state index contributed by atoms with van der Waals surface area (Å²) in [5, 5.41) is 33.0. The van der Waals surface area contributed by atoms with Crippen LogP contribution in [0.15, 0.2) is 31.0 Å². The molecule has 5 heterocycles. The van der Waals surface area contributed by atoms with E-state index in [1.54, 1.807) is 0 Å². The van der Waals surface area contributed by atoms with Gasteiger partial charge in [0.05, 0.1) is 18.5 Å². The first kappa shape index (κ1) is 22.7. The van der Waals surface area contributed by atoms with Gasteiger partial charge >= 0.3 is 6.18 Å². The van der Waals surface area contributed by atoms with Gasteiger partial charge in [0, 0.05) is 25.3 Å². The molecule has 0 amide bonds. The Morgan fingerprint density at radius 2 is 1.94 bits per heavy atom. The molecule has 2 fully saturated rings. The SMILES string of the molecule is OC[C@H]1O[C@@H](n2cnc3c(N[C@H]4CCN(c5ccc(C(F)(F)F)cn5)C4)ncnc32)[C@H](O)[C@@H]1O. The van der Waals surface area contributed by atoms with Crippen LogP contribution in [0.1, 0.15) is 18.2 Å². The number of imidazole rings is 1. The van der Waals surface area contributed by atoms with Crippen LogP contribution < -0.4 is 10.2 Å². The van der Waals surface area contributed by atoms with E-state index >= 15 is 0 Å². The molecule has 3 aromatic heterocycles. The number of nitrogens with one attached hydrogen (secondary N) is 1. The lowest BCUT2D eigenvalue weighted by atomic mass is 10.1. The number of anilines is 2. The Hall–Kier alpha value is -3.07. The molecule has 5 atom stereocenters. The van der Waals surface area contributed by atoms with Crippen LogP contribution in [0, 0.1) is 0 Å². The van der Waals surface area contributed by atoms with Crippen molar-refractivity contribution >= 4 is 22.8 Å². The molecular formula is C20H22F3N7O4. The van der Waals surface area contributed by atoms with Crippen molar-refractivity contribution in [2.45, 2.75) is 43.2 Å². The van der Waals surface area contributed by atoms with Gasteiger partial charge in [-0.1, -0.05) is 0 Å². The van der Waals surface area contributed by atoms with Gasteiger partial charge in [0.25, 0.3) is 0 Å². The van der Waals surface area contributed by atoms with E-state index in [0.29, 0.717) is 42.3 Å². The number of alkyl halides is 3. The van der Waals surface area contributed by atoms with Crippen molar-refractivity contribution in [2.75, 3.05) is 29.9 Å². The molecule has 2 aliphatic rings. The molecule has 4 N–H and O–H groups in total. The lowest BCUT2D eigenvalue weighted by Crippen LogP contribution is -2.33. The van der Waals surface area contributed by atoms with Gasteiger partial charge in [0.2, 0.25) is 0 Å². The number of ether oxygens (including phenoxy) is 1. The van der Waals surface area contributed by atoms with Gasteiger partial charge in [0.15, 0.2) is 23.2 Å². The molecule has 2 aliphatic heterocycles. The molecule has 5 rings (SSSR count). The predicted molar refractivity (Wildman–Crippen MR) is 112 cm³/mol.